The minimum atomic E-state index is -3.80. The summed E-state index contributed by atoms with van der Waals surface area (Å²) in [5.41, 5.74) is 4.21. The Morgan fingerprint density at radius 3 is 2.33 bits per heavy atom. The number of sulfonamides is 1. The second-order valence-electron chi connectivity index (χ2n) is 10.6. The van der Waals surface area contributed by atoms with E-state index in [4.69, 9.17) is 0 Å². The highest BCUT2D eigenvalue weighted by molar-refractivity contribution is 7.92. The van der Waals surface area contributed by atoms with Crippen molar-refractivity contribution in [2.45, 2.75) is 30.3 Å². The molecule has 10 heteroatoms. The number of hydrogen-bond donors (Lipinski definition) is 3. The Kier molecular flexibility index (Phi) is 10.0. The molecule has 1 saturated heterocycles. The minimum Gasteiger partial charge on any atom is -0.387 e. The van der Waals surface area contributed by atoms with Crippen LogP contribution in [0.25, 0.3) is 0 Å². The van der Waals surface area contributed by atoms with Gasteiger partial charge in [0.1, 0.15) is 0 Å². The molecule has 0 saturated carbocycles. The second-order valence-corrected chi connectivity index (χ2v) is 12.2. The maximum Gasteiger partial charge on any atom is 0.324 e. The molecule has 1 aliphatic heterocycles. The molecule has 0 spiro atoms. The van der Waals surface area contributed by atoms with Gasteiger partial charge in [0, 0.05) is 55.5 Å². The number of aromatic nitrogens is 1. The maximum atomic E-state index is 13.0. The lowest BCUT2D eigenvalue weighted by atomic mass is 10.1. The third-order valence-electron chi connectivity index (χ3n) is 7.49. The van der Waals surface area contributed by atoms with E-state index >= 15 is 0 Å². The van der Waals surface area contributed by atoms with E-state index in [1.807, 2.05) is 41.3 Å². The summed E-state index contributed by atoms with van der Waals surface area (Å²) in [6, 6.07) is 27.5. The average molecular weight is 600 g/mol. The van der Waals surface area contributed by atoms with Gasteiger partial charge in [-0.3, -0.25) is 14.6 Å². The van der Waals surface area contributed by atoms with Gasteiger partial charge in [0.15, 0.2) is 0 Å². The van der Waals surface area contributed by atoms with Crippen LogP contribution in [0.4, 0.5) is 16.2 Å². The number of nitrogens with one attached hydrogen (secondary N) is 2. The Balaban J connectivity index is 1.08. The number of urea groups is 1. The van der Waals surface area contributed by atoms with Gasteiger partial charge in [-0.2, -0.15) is 0 Å². The topological polar surface area (TPSA) is 115 Å². The van der Waals surface area contributed by atoms with Crippen LogP contribution in [-0.2, 0) is 22.9 Å². The van der Waals surface area contributed by atoms with Gasteiger partial charge in [0.05, 0.1) is 11.0 Å². The van der Waals surface area contributed by atoms with E-state index in [9.17, 15) is 18.3 Å². The molecule has 3 N–H and O–H groups in total. The molecule has 1 atom stereocenters. The van der Waals surface area contributed by atoms with Crippen LogP contribution in [0.3, 0.4) is 0 Å². The Hall–Kier alpha value is -4.25. The SMILES string of the molecule is O=C1N(CCCc2ccccc2)CCN1c1ccc(S(=O)(=O)Nc2ccc(CCNCC(O)c3cccnc3)cc2)cc1. The lowest BCUT2D eigenvalue weighted by molar-refractivity contribution is 0.174. The van der Waals surface area contributed by atoms with Crippen molar-refractivity contribution in [2.75, 3.05) is 42.3 Å². The summed E-state index contributed by atoms with van der Waals surface area (Å²) in [7, 11) is -3.80. The van der Waals surface area contributed by atoms with Gasteiger partial charge in [-0.1, -0.05) is 48.5 Å². The van der Waals surface area contributed by atoms with E-state index in [1.165, 1.54) is 17.7 Å². The van der Waals surface area contributed by atoms with Gasteiger partial charge in [-0.05, 0) is 79.4 Å². The molecule has 1 aromatic heterocycles. The molecule has 224 valence electrons. The van der Waals surface area contributed by atoms with Gasteiger partial charge < -0.3 is 15.3 Å². The fourth-order valence-electron chi connectivity index (χ4n) is 5.07. The van der Waals surface area contributed by atoms with Gasteiger partial charge >= 0.3 is 6.03 Å². The first-order chi connectivity index (χ1) is 20.9. The smallest absolute Gasteiger partial charge is 0.324 e. The zero-order valence-corrected chi connectivity index (χ0v) is 24.8. The number of carbonyl (C=O) groups excluding carboxylic acids is 1. The van der Waals surface area contributed by atoms with Crippen LogP contribution in [0.5, 0.6) is 0 Å². The molecule has 2 heterocycles. The summed E-state index contributed by atoms with van der Waals surface area (Å²) in [5.74, 6) is 0. The summed E-state index contributed by atoms with van der Waals surface area (Å²) >= 11 is 0. The summed E-state index contributed by atoms with van der Waals surface area (Å²) < 4.78 is 28.7. The van der Waals surface area contributed by atoms with Crippen molar-refractivity contribution in [3.8, 4) is 0 Å². The van der Waals surface area contributed by atoms with Crippen LogP contribution < -0.4 is 14.9 Å². The van der Waals surface area contributed by atoms with Crippen molar-refractivity contribution in [1.29, 1.82) is 0 Å². The van der Waals surface area contributed by atoms with E-state index < -0.39 is 16.1 Å². The Morgan fingerprint density at radius 1 is 0.860 bits per heavy atom. The number of pyridine rings is 1. The first-order valence-electron chi connectivity index (χ1n) is 14.5. The Morgan fingerprint density at radius 2 is 1.60 bits per heavy atom. The number of carbonyl (C=O) groups is 1. The Bertz CT molecular complexity index is 1570. The number of amides is 2. The predicted octanol–water partition coefficient (Wildman–Crippen LogP) is 4.62. The minimum absolute atomic E-state index is 0.0539. The predicted molar refractivity (Wildman–Crippen MR) is 169 cm³/mol. The fraction of sp³-hybridized carbons (Fsp3) is 0.273. The van der Waals surface area contributed by atoms with Crippen molar-refractivity contribution in [2.24, 2.45) is 0 Å². The maximum absolute atomic E-state index is 13.0. The van der Waals surface area contributed by atoms with Crippen molar-refractivity contribution >= 4 is 27.4 Å². The molecule has 1 unspecified atom stereocenters. The molecule has 1 fully saturated rings. The van der Waals surface area contributed by atoms with Gasteiger partial charge in [0.25, 0.3) is 10.0 Å². The molecule has 3 aromatic carbocycles. The highest BCUT2D eigenvalue weighted by Gasteiger charge is 2.29. The molecular formula is C33H37N5O4S. The zero-order valence-electron chi connectivity index (χ0n) is 24.0. The third kappa shape index (κ3) is 8.19. The standard InChI is InChI=1S/C33H37N5O4S/c39-32(28-9-4-19-34-24-28)25-35-20-18-27-10-12-29(13-11-27)36-43(41,42)31-16-14-30(15-17-31)38-23-22-37(33(38)40)21-5-8-26-6-2-1-3-7-26/h1-4,6-7,9-17,19,24,32,35-36,39H,5,8,18,20-23,25H2. The van der Waals surface area contributed by atoms with E-state index in [0.717, 1.165) is 30.4 Å². The van der Waals surface area contributed by atoms with E-state index in [2.05, 4.69) is 27.2 Å². The lowest BCUT2D eigenvalue weighted by Crippen LogP contribution is -2.32. The van der Waals surface area contributed by atoms with E-state index in [0.29, 0.717) is 44.1 Å². The molecule has 9 nitrogen and oxygen atoms in total. The average Bonchev–Trinajstić information content (AvgIpc) is 3.40. The first kappa shape index (κ1) is 30.2. The molecule has 43 heavy (non-hydrogen) atoms. The fourth-order valence-corrected chi connectivity index (χ4v) is 6.13. The number of aliphatic hydroxyl groups excluding tert-OH is 1. The van der Waals surface area contributed by atoms with E-state index in [-0.39, 0.29) is 10.9 Å². The number of hydrogen-bond acceptors (Lipinski definition) is 6. The third-order valence-corrected chi connectivity index (χ3v) is 8.89. The zero-order chi connectivity index (χ0) is 30.1. The van der Waals surface area contributed by atoms with Crippen molar-refractivity contribution in [1.82, 2.24) is 15.2 Å². The summed E-state index contributed by atoms with van der Waals surface area (Å²) in [5, 5.41) is 13.5. The van der Waals surface area contributed by atoms with E-state index in [1.54, 1.807) is 47.6 Å². The number of benzene rings is 3. The highest BCUT2D eigenvalue weighted by atomic mass is 32.2. The quantitative estimate of drug-likeness (QED) is 0.182. The molecule has 2 amide bonds. The lowest BCUT2D eigenvalue weighted by Gasteiger charge is -2.19. The van der Waals surface area contributed by atoms with Crippen molar-refractivity contribution in [3.05, 3.63) is 120 Å². The largest absolute Gasteiger partial charge is 0.387 e. The molecule has 4 aromatic rings. The monoisotopic (exact) mass is 599 g/mol. The Labute approximate surface area is 253 Å². The van der Waals surface area contributed by atoms with Gasteiger partial charge in [-0.15, -0.1) is 0 Å². The van der Waals surface area contributed by atoms with Crippen LogP contribution in [0, 0.1) is 0 Å². The summed E-state index contributed by atoms with van der Waals surface area (Å²) in [4.78, 5) is 20.7. The molecule has 1 aliphatic rings. The molecule has 0 bridgehead atoms. The summed E-state index contributed by atoms with van der Waals surface area (Å²) in [6.45, 7) is 2.99. The van der Waals surface area contributed by atoms with Gasteiger partial charge in [0.2, 0.25) is 0 Å². The van der Waals surface area contributed by atoms with Crippen LogP contribution in [0.15, 0.2) is 108 Å². The van der Waals surface area contributed by atoms with Crippen LogP contribution >= 0.6 is 0 Å². The molecule has 5 rings (SSSR count). The van der Waals surface area contributed by atoms with Crippen molar-refractivity contribution in [3.63, 3.8) is 0 Å². The van der Waals surface area contributed by atoms with Crippen LogP contribution in [0.2, 0.25) is 0 Å². The molecule has 0 radical (unpaired) electrons. The molecular weight excluding hydrogens is 562 g/mol. The normalized spacial score (nSPS) is 14.2. The van der Waals surface area contributed by atoms with Crippen LogP contribution in [-0.4, -0.2) is 62.2 Å². The number of anilines is 2. The van der Waals surface area contributed by atoms with Gasteiger partial charge in [-0.25, -0.2) is 13.2 Å². The molecule has 0 aliphatic carbocycles. The number of rotatable bonds is 14. The number of aryl methyl sites for hydroxylation is 1. The van der Waals surface area contributed by atoms with Crippen LogP contribution in [0.1, 0.15) is 29.2 Å². The highest BCUT2D eigenvalue weighted by Crippen LogP contribution is 2.24. The second kappa shape index (κ2) is 14.3. The first-order valence-corrected chi connectivity index (χ1v) is 16.0. The number of aliphatic hydroxyl groups is 1. The van der Waals surface area contributed by atoms with Crippen molar-refractivity contribution < 1.29 is 18.3 Å². The number of nitrogens with zero attached hydrogens (tertiary/aromatic N) is 3. The summed E-state index contributed by atoms with van der Waals surface area (Å²) in [6.07, 6.45) is 5.24.